The summed E-state index contributed by atoms with van der Waals surface area (Å²) in [5, 5.41) is 8.61. The number of aromatic nitrogens is 2. The van der Waals surface area contributed by atoms with E-state index in [1.54, 1.807) is 12.1 Å². The van der Waals surface area contributed by atoms with Crippen LogP contribution in [0.5, 0.6) is 0 Å². The first-order valence-electron chi connectivity index (χ1n) is 8.51. The zero-order valence-corrected chi connectivity index (χ0v) is 13.5. The van der Waals surface area contributed by atoms with E-state index in [4.69, 9.17) is 0 Å². The number of amides is 1. The van der Waals surface area contributed by atoms with Gasteiger partial charge in [0.2, 0.25) is 0 Å². The van der Waals surface area contributed by atoms with Crippen LogP contribution in [0.2, 0.25) is 0 Å². The summed E-state index contributed by atoms with van der Waals surface area (Å²) in [6.07, 6.45) is 6.86. The number of fused-ring (bicyclic) bond motifs is 1. The zero-order chi connectivity index (χ0) is 16.2. The topological polar surface area (TPSA) is 64.0 Å². The second-order valence-electron chi connectivity index (χ2n) is 6.18. The van der Waals surface area contributed by atoms with Crippen molar-refractivity contribution in [3.63, 3.8) is 0 Å². The summed E-state index contributed by atoms with van der Waals surface area (Å²) in [4.78, 5) is 25.1. The number of carbonyl (C=O) groups is 1. The van der Waals surface area contributed by atoms with E-state index in [1.165, 1.54) is 17.5 Å². The monoisotopic (exact) mass is 313 g/mol. The van der Waals surface area contributed by atoms with Gasteiger partial charge in [-0.1, -0.05) is 43.9 Å². The molecule has 0 atom stereocenters. The third-order valence-electron chi connectivity index (χ3n) is 4.57. The first kappa shape index (κ1) is 15.7. The third-order valence-corrected chi connectivity index (χ3v) is 4.57. The maximum Gasteiger partial charge on any atom is 0.274 e. The van der Waals surface area contributed by atoms with Crippen molar-refractivity contribution in [2.75, 3.05) is 0 Å². The van der Waals surface area contributed by atoms with Crippen LogP contribution in [0.4, 0.5) is 0 Å². The van der Waals surface area contributed by atoms with Gasteiger partial charge < -0.3 is 5.32 Å². The molecule has 0 bridgehead atoms. The van der Waals surface area contributed by atoms with E-state index >= 15 is 0 Å². The second-order valence-corrected chi connectivity index (χ2v) is 6.18. The van der Waals surface area contributed by atoms with Gasteiger partial charge in [-0.2, -0.15) is 5.10 Å². The predicted octanol–water partition coefficient (Wildman–Crippen LogP) is 2.87. The molecular weight excluding hydrogens is 290 g/mol. The van der Waals surface area contributed by atoms with Crippen LogP contribution in [-0.4, -0.2) is 21.7 Å². The van der Waals surface area contributed by atoms with Gasteiger partial charge in [0, 0.05) is 18.0 Å². The first-order valence-corrected chi connectivity index (χ1v) is 8.51. The van der Waals surface area contributed by atoms with Gasteiger partial charge in [-0.3, -0.25) is 9.59 Å². The van der Waals surface area contributed by atoms with Crippen LogP contribution in [0.1, 0.15) is 55.9 Å². The zero-order valence-electron chi connectivity index (χ0n) is 13.5. The van der Waals surface area contributed by atoms with E-state index in [0.717, 1.165) is 25.7 Å². The predicted molar refractivity (Wildman–Crippen MR) is 90.6 cm³/mol. The maximum absolute atomic E-state index is 12.7. The molecule has 1 heterocycles. The van der Waals surface area contributed by atoms with Crippen molar-refractivity contribution < 1.29 is 4.79 Å². The molecule has 1 N–H and O–H groups in total. The Hall–Kier alpha value is -2.17. The Labute approximate surface area is 135 Å². The van der Waals surface area contributed by atoms with E-state index in [-0.39, 0.29) is 17.5 Å². The highest BCUT2D eigenvalue weighted by Gasteiger charge is 2.20. The lowest BCUT2D eigenvalue weighted by atomic mass is 10.1. The fourth-order valence-corrected chi connectivity index (χ4v) is 3.29. The molecule has 23 heavy (non-hydrogen) atoms. The summed E-state index contributed by atoms with van der Waals surface area (Å²) < 4.78 is 1.37. The summed E-state index contributed by atoms with van der Waals surface area (Å²) in [7, 11) is 0. The van der Waals surface area contributed by atoms with Crippen LogP contribution in [-0.2, 0) is 6.54 Å². The van der Waals surface area contributed by atoms with Gasteiger partial charge in [-0.15, -0.1) is 0 Å². The molecule has 5 heteroatoms. The number of hydrogen-bond donors (Lipinski definition) is 1. The maximum atomic E-state index is 12.7. The van der Waals surface area contributed by atoms with E-state index < -0.39 is 0 Å². The van der Waals surface area contributed by atoms with E-state index in [0.29, 0.717) is 23.0 Å². The Kier molecular flexibility index (Phi) is 4.74. The highest BCUT2D eigenvalue weighted by Crippen LogP contribution is 2.19. The van der Waals surface area contributed by atoms with Gasteiger partial charge in [-0.05, 0) is 25.8 Å². The van der Waals surface area contributed by atoms with Crippen molar-refractivity contribution >= 4 is 16.7 Å². The van der Waals surface area contributed by atoms with Crippen LogP contribution >= 0.6 is 0 Å². The van der Waals surface area contributed by atoms with Crippen LogP contribution in [0.3, 0.4) is 0 Å². The summed E-state index contributed by atoms with van der Waals surface area (Å²) in [6.45, 7) is 2.31. The molecule has 5 nitrogen and oxygen atoms in total. The summed E-state index contributed by atoms with van der Waals surface area (Å²) >= 11 is 0. The Bertz CT molecular complexity index is 758. The number of benzene rings is 1. The molecule has 1 aromatic carbocycles. The number of carbonyl (C=O) groups excluding carboxylic acids is 1. The molecular formula is C18H23N3O2. The number of aryl methyl sites for hydroxylation is 1. The molecule has 0 saturated heterocycles. The molecule has 0 aliphatic heterocycles. The molecule has 1 saturated carbocycles. The molecule has 1 amide bonds. The summed E-state index contributed by atoms with van der Waals surface area (Å²) in [5.41, 5.74) is 0.209. The molecule has 0 spiro atoms. The van der Waals surface area contributed by atoms with Crippen molar-refractivity contribution in [3.05, 3.63) is 40.3 Å². The van der Waals surface area contributed by atoms with Crippen LogP contribution in [0, 0.1) is 0 Å². The average Bonchev–Trinajstić information content (AvgIpc) is 2.84. The lowest BCUT2D eigenvalue weighted by Crippen LogP contribution is -2.36. The Balaban J connectivity index is 1.96. The van der Waals surface area contributed by atoms with Crippen molar-refractivity contribution in [3.8, 4) is 0 Å². The normalized spacial score (nSPS) is 16.2. The van der Waals surface area contributed by atoms with Crippen molar-refractivity contribution in [2.45, 2.75) is 58.0 Å². The van der Waals surface area contributed by atoms with E-state index in [1.807, 2.05) is 19.1 Å². The third kappa shape index (κ3) is 3.28. The van der Waals surface area contributed by atoms with E-state index in [2.05, 4.69) is 10.4 Å². The molecule has 1 fully saturated rings. The van der Waals surface area contributed by atoms with Gasteiger partial charge >= 0.3 is 0 Å². The minimum Gasteiger partial charge on any atom is -0.348 e. The Morgan fingerprint density at radius 1 is 1.17 bits per heavy atom. The quantitative estimate of drug-likeness (QED) is 0.886. The van der Waals surface area contributed by atoms with Gasteiger partial charge in [0.25, 0.3) is 11.5 Å². The van der Waals surface area contributed by atoms with Crippen molar-refractivity contribution in [2.24, 2.45) is 0 Å². The van der Waals surface area contributed by atoms with Gasteiger partial charge in [0.1, 0.15) is 0 Å². The Morgan fingerprint density at radius 3 is 2.48 bits per heavy atom. The average molecular weight is 313 g/mol. The number of nitrogens with zero attached hydrogens (tertiary/aromatic N) is 2. The van der Waals surface area contributed by atoms with Gasteiger partial charge in [0.15, 0.2) is 5.69 Å². The van der Waals surface area contributed by atoms with E-state index in [9.17, 15) is 9.59 Å². The molecule has 1 aliphatic rings. The summed E-state index contributed by atoms with van der Waals surface area (Å²) in [6, 6.07) is 7.42. The molecule has 0 radical (unpaired) electrons. The lowest BCUT2D eigenvalue weighted by Gasteiger charge is -2.17. The Morgan fingerprint density at radius 2 is 1.83 bits per heavy atom. The number of nitrogens with one attached hydrogen (secondary N) is 1. The lowest BCUT2D eigenvalue weighted by molar-refractivity contribution is 0.0928. The standard InChI is InChI=1S/C18H23N3O2/c1-2-21-18(23)15-12-8-7-11-14(15)16(20-21)17(22)19-13-9-5-3-4-6-10-13/h7-8,11-13H,2-6,9-10H2,1H3,(H,19,22). The second kappa shape index (κ2) is 6.94. The van der Waals surface area contributed by atoms with Crippen LogP contribution in [0.15, 0.2) is 29.1 Å². The van der Waals surface area contributed by atoms with Crippen LogP contribution < -0.4 is 10.9 Å². The SMILES string of the molecule is CCn1nc(C(=O)NC2CCCCCC2)c2ccccc2c1=O. The highest BCUT2D eigenvalue weighted by molar-refractivity contribution is 6.04. The number of rotatable bonds is 3. The molecule has 122 valence electrons. The molecule has 3 rings (SSSR count). The summed E-state index contributed by atoms with van der Waals surface area (Å²) in [5.74, 6) is -0.171. The smallest absolute Gasteiger partial charge is 0.274 e. The largest absolute Gasteiger partial charge is 0.348 e. The fourth-order valence-electron chi connectivity index (χ4n) is 3.29. The van der Waals surface area contributed by atoms with Gasteiger partial charge in [0.05, 0.1) is 5.39 Å². The van der Waals surface area contributed by atoms with Gasteiger partial charge in [-0.25, -0.2) is 4.68 Å². The molecule has 0 unspecified atom stereocenters. The highest BCUT2D eigenvalue weighted by atomic mass is 16.2. The van der Waals surface area contributed by atoms with Crippen molar-refractivity contribution in [1.82, 2.24) is 15.1 Å². The molecule has 2 aromatic rings. The number of hydrogen-bond acceptors (Lipinski definition) is 3. The van der Waals surface area contributed by atoms with Crippen LogP contribution in [0.25, 0.3) is 10.8 Å². The van der Waals surface area contributed by atoms with Crippen molar-refractivity contribution in [1.29, 1.82) is 0 Å². The molecule has 1 aliphatic carbocycles. The fraction of sp³-hybridized carbons (Fsp3) is 0.500. The first-order chi connectivity index (χ1) is 11.2. The minimum absolute atomic E-state index is 0.144. The molecule has 1 aromatic heterocycles. The minimum atomic E-state index is -0.171.